The van der Waals surface area contributed by atoms with E-state index >= 15 is 0 Å². The van der Waals surface area contributed by atoms with E-state index in [1.54, 1.807) is 17.5 Å². The molecule has 1 amide bonds. The highest BCUT2D eigenvalue weighted by Crippen LogP contribution is 2.29. The topological polar surface area (TPSA) is 59.2 Å². The van der Waals surface area contributed by atoms with Crippen LogP contribution < -0.4 is 5.73 Å². The number of halogens is 2. The van der Waals surface area contributed by atoms with Crippen LogP contribution in [0.1, 0.15) is 29.4 Å². The van der Waals surface area contributed by atoms with E-state index in [0.717, 1.165) is 30.0 Å². The molecular weight excluding hydrogens is 373 g/mol. The van der Waals surface area contributed by atoms with Crippen molar-refractivity contribution in [1.29, 1.82) is 0 Å². The third-order valence-electron chi connectivity index (χ3n) is 4.00. The van der Waals surface area contributed by atoms with Gasteiger partial charge in [0.15, 0.2) is 0 Å². The third kappa shape index (κ3) is 4.45. The fraction of sp³-hybridized carbons (Fsp3) is 0.467. The van der Waals surface area contributed by atoms with Crippen molar-refractivity contribution in [1.82, 2.24) is 9.88 Å². The summed E-state index contributed by atoms with van der Waals surface area (Å²) in [6.07, 6.45) is 3.75. The Labute approximate surface area is 156 Å². The van der Waals surface area contributed by atoms with Crippen LogP contribution in [-0.4, -0.2) is 34.9 Å². The summed E-state index contributed by atoms with van der Waals surface area (Å²) in [5.41, 5.74) is 6.94. The Balaban J connectivity index is 0.00000132. The van der Waals surface area contributed by atoms with Crippen LogP contribution in [-0.2, 0) is 0 Å². The number of amides is 1. The monoisotopic (exact) mass is 393 g/mol. The lowest BCUT2D eigenvalue weighted by molar-refractivity contribution is 0.0578. The molecule has 23 heavy (non-hydrogen) atoms. The van der Waals surface area contributed by atoms with Gasteiger partial charge >= 0.3 is 0 Å². The van der Waals surface area contributed by atoms with Crippen molar-refractivity contribution in [2.24, 2.45) is 11.7 Å². The molecule has 128 valence electrons. The molecule has 3 rings (SSSR count). The number of aromatic nitrogens is 1. The van der Waals surface area contributed by atoms with Gasteiger partial charge in [-0.1, -0.05) is 6.92 Å². The Morgan fingerprint density at radius 1 is 1.48 bits per heavy atom. The van der Waals surface area contributed by atoms with Crippen LogP contribution in [0.25, 0.3) is 10.6 Å². The maximum Gasteiger partial charge on any atom is 0.265 e. The van der Waals surface area contributed by atoms with Gasteiger partial charge in [-0.15, -0.1) is 36.2 Å². The van der Waals surface area contributed by atoms with Gasteiger partial charge in [-0.25, -0.2) is 4.98 Å². The van der Waals surface area contributed by atoms with E-state index in [9.17, 15) is 4.79 Å². The Hall–Kier alpha value is -0.660. The molecule has 1 fully saturated rings. The van der Waals surface area contributed by atoms with Crippen molar-refractivity contribution >= 4 is 53.4 Å². The Bertz CT molecular complexity index is 618. The van der Waals surface area contributed by atoms with Gasteiger partial charge in [0.05, 0.1) is 6.20 Å². The maximum absolute atomic E-state index is 12.7. The fourth-order valence-electron chi connectivity index (χ4n) is 2.78. The highest BCUT2D eigenvalue weighted by atomic mass is 35.5. The summed E-state index contributed by atoms with van der Waals surface area (Å²) < 4.78 is 0. The number of hydrogen-bond acceptors (Lipinski definition) is 5. The van der Waals surface area contributed by atoms with Crippen LogP contribution in [0.5, 0.6) is 0 Å². The van der Waals surface area contributed by atoms with Crippen molar-refractivity contribution in [3.63, 3.8) is 0 Å². The lowest BCUT2D eigenvalue weighted by Gasteiger charge is -2.37. The number of hydrogen-bond donors (Lipinski definition) is 1. The summed E-state index contributed by atoms with van der Waals surface area (Å²) in [6, 6.07) is 2.19. The Morgan fingerprint density at radius 3 is 2.91 bits per heavy atom. The van der Waals surface area contributed by atoms with Gasteiger partial charge in [-0.05, 0) is 30.2 Å². The maximum atomic E-state index is 12.7. The number of thiophene rings is 1. The average Bonchev–Trinajstić information content (AvgIpc) is 3.17. The quantitative estimate of drug-likeness (QED) is 0.859. The number of thiazole rings is 1. The van der Waals surface area contributed by atoms with Gasteiger partial charge < -0.3 is 10.6 Å². The minimum atomic E-state index is 0. The van der Waals surface area contributed by atoms with Crippen molar-refractivity contribution < 1.29 is 4.79 Å². The smallest absolute Gasteiger partial charge is 0.265 e. The SMILES string of the molecule is CC1CCN(C(=O)c2cnc(-c3ccsc3)s2)C(CN)C1.Cl.Cl. The summed E-state index contributed by atoms with van der Waals surface area (Å²) in [6.45, 7) is 3.56. The molecular formula is C15H21Cl2N3OS2. The average molecular weight is 394 g/mol. The number of piperidine rings is 1. The van der Waals surface area contributed by atoms with Crippen LogP contribution in [0.2, 0.25) is 0 Å². The van der Waals surface area contributed by atoms with Gasteiger partial charge in [0.25, 0.3) is 5.91 Å². The van der Waals surface area contributed by atoms with Gasteiger partial charge in [0.2, 0.25) is 0 Å². The minimum Gasteiger partial charge on any atom is -0.334 e. The first-order valence-corrected chi connectivity index (χ1v) is 8.94. The molecule has 4 nitrogen and oxygen atoms in total. The van der Waals surface area contributed by atoms with E-state index in [0.29, 0.717) is 17.3 Å². The van der Waals surface area contributed by atoms with E-state index in [2.05, 4.69) is 17.3 Å². The lowest BCUT2D eigenvalue weighted by atomic mass is 9.92. The van der Waals surface area contributed by atoms with Crippen LogP contribution in [0.4, 0.5) is 0 Å². The number of nitrogens with two attached hydrogens (primary N) is 1. The molecule has 2 atom stereocenters. The first-order chi connectivity index (χ1) is 10.2. The largest absolute Gasteiger partial charge is 0.334 e. The molecule has 2 unspecified atom stereocenters. The molecule has 2 aromatic rings. The Kier molecular flexibility index (Phi) is 7.97. The fourth-order valence-corrected chi connectivity index (χ4v) is 4.36. The van der Waals surface area contributed by atoms with E-state index in [1.165, 1.54) is 11.3 Å². The van der Waals surface area contributed by atoms with Crippen LogP contribution >= 0.6 is 47.5 Å². The van der Waals surface area contributed by atoms with Crippen molar-refractivity contribution in [3.8, 4) is 10.6 Å². The zero-order valence-corrected chi connectivity index (χ0v) is 16.1. The molecule has 0 radical (unpaired) electrons. The molecule has 1 aliphatic rings. The van der Waals surface area contributed by atoms with E-state index in [4.69, 9.17) is 5.73 Å². The van der Waals surface area contributed by atoms with Gasteiger partial charge in [-0.3, -0.25) is 4.79 Å². The van der Waals surface area contributed by atoms with Crippen LogP contribution in [0.15, 0.2) is 23.0 Å². The van der Waals surface area contributed by atoms with Crippen molar-refractivity contribution in [3.05, 3.63) is 27.9 Å². The van der Waals surface area contributed by atoms with Crippen molar-refractivity contribution in [2.75, 3.05) is 13.1 Å². The minimum absolute atomic E-state index is 0. The zero-order valence-electron chi connectivity index (χ0n) is 12.8. The number of rotatable bonds is 3. The molecule has 2 N–H and O–H groups in total. The van der Waals surface area contributed by atoms with Crippen LogP contribution in [0, 0.1) is 5.92 Å². The first-order valence-electron chi connectivity index (χ1n) is 7.18. The van der Waals surface area contributed by atoms with Gasteiger partial charge in [0.1, 0.15) is 9.88 Å². The number of likely N-dealkylation sites (tertiary alicyclic amines) is 1. The lowest BCUT2D eigenvalue weighted by Crippen LogP contribution is -2.49. The second-order valence-corrected chi connectivity index (χ2v) is 7.37. The molecule has 2 aromatic heterocycles. The second-order valence-electron chi connectivity index (χ2n) is 5.56. The van der Waals surface area contributed by atoms with E-state index in [1.807, 2.05) is 16.3 Å². The number of carbonyl (C=O) groups is 1. The molecule has 0 spiro atoms. The molecule has 0 aromatic carbocycles. The third-order valence-corrected chi connectivity index (χ3v) is 5.71. The highest BCUT2D eigenvalue weighted by molar-refractivity contribution is 7.17. The normalized spacial score (nSPS) is 20.5. The van der Waals surface area contributed by atoms with Crippen LogP contribution in [0.3, 0.4) is 0 Å². The van der Waals surface area contributed by atoms with E-state index in [-0.39, 0.29) is 36.8 Å². The highest BCUT2D eigenvalue weighted by Gasteiger charge is 2.30. The molecule has 0 bridgehead atoms. The molecule has 0 saturated carbocycles. The number of nitrogens with zero attached hydrogens (tertiary/aromatic N) is 2. The second kappa shape index (κ2) is 8.99. The molecule has 3 heterocycles. The zero-order chi connectivity index (χ0) is 14.8. The predicted octanol–water partition coefficient (Wildman–Crippen LogP) is 3.91. The molecule has 1 aliphatic heterocycles. The molecule has 8 heteroatoms. The van der Waals surface area contributed by atoms with E-state index < -0.39 is 0 Å². The van der Waals surface area contributed by atoms with Gasteiger partial charge in [0, 0.05) is 30.1 Å². The number of carbonyl (C=O) groups excluding carboxylic acids is 1. The molecule has 0 aliphatic carbocycles. The standard InChI is InChI=1S/C15H19N3OS2.2ClH/c1-10-2-4-18(12(6-10)7-16)15(19)13-8-17-14(21-13)11-3-5-20-9-11;;/h3,5,8-10,12H,2,4,6-7,16H2,1H3;2*1H. The summed E-state index contributed by atoms with van der Waals surface area (Å²) in [7, 11) is 0. The summed E-state index contributed by atoms with van der Waals surface area (Å²) >= 11 is 3.11. The summed E-state index contributed by atoms with van der Waals surface area (Å²) in [5.74, 6) is 0.724. The Morgan fingerprint density at radius 2 is 2.26 bits per heavy atom. The summed E-state index contributed by atoms with van der Waals surface area (Å²) in [4.78, 5) is 19.7. The summed E-state index contributed by atoms with van der Waals surface area (Å²) in [5, 5.41) is 4.99. The van der Waals surface area contributed by atoms with Crippen molar-refractivity contribution in [2.45, 2.75) is 25.8 Å². The predicted molar refractivity (Wildman–Crippen MR) is 102 cm³/mol. The first kappa shape index (κ1) is 20.4. The van der Waals surface area contributed by atoms with Gasteiger partial charge in [-0.2, -0.15) is 11.3 Å². The molecule has 1 saturated heterocycles.